The SMILES string of the molecule is CC[C@H](NC(=O)COc1ccc(C)c(C)c1)c1ccc(OC)c(OC)c1. The number of rotatable bonds is 8. The number of methoxy groups -OCH3 is 2. The molecular weight excluding hydrogens is 330 g/mol. The van der Waals surface area contributed by atoms with Gasteiger partial charge in [-0.25, -0.2) is 0 Å². The number of ether oxygens (including phenoxy) is 3. The quantitative estimate of drug-likeness (QED) is 0.777. The summed E-state index contributed by atoms with van der Waals surface area (Å²) < 4.78 is 16.2. The second-order valence-corrected chi connectivity index (χ2v) is 6.18. The number of hydrogen-bond donors (Lipinski definition) is 1. The fourth-order valence-corrected chi connectivity index (χ4v) is 2.68. The monoisotopic (exact) mass is 357 g/mol. The summed E-state index contributed by atoms with van der Waals surface area (Å²) in [6.07, 6.45) is 0.755. The van der Waals surface area contributed by atoms with Crippen molar-refractivity contribution in [1.29, 1.82) is 0 Å². The molecule has 0 bridgehead atoms. The number of carbonyl (C=O) groups excluding carboxylic acids is 1. The van der Waals surface area contributed by atoms with Crippen LogP contribution in [-0.2, 0) is 4.79 Å². The average molecular weight is 357 g/mol. The lowest BCUT2D eigenvalue weighted by atomic mass is 10.0. The molecule has 1 amide bonds. The summed E-state index contributed by atoms with van der Waals surface area (Å²) in [7, 11) is 3.19. The van der Waals surface area contributed by atoms with Crippen LogP contribution in [0.25, 0.3) is 0 Å². The first-order valence-electron chi connectivity index (χ1n) is 8.69. The maximum Gasteiger partial charge on any atom is 0.258 e. The molecule has 0 spiro atoms. The number of aryl methyl sites for hydroxylation is 2. The highest BCUT2D eigenvalue weighted by Crippen LogP contribution is 2.30. The van der Waals surface area contributed by atoms with E-state index < -0.39 is 0 Å². The van der Waals surface area contributed by atoms with E-state index in [1.54, 1.807) is 14.2 Å². The van der Waals surface area contributed by atoms with Crippen molar-refractivity contribution >= 4 is 5.91 Å². The van der Waals surface area contributed by atoms with Gasteiger partial charge >= 0.3 is 0 Å². The van der Waals surface area contributed by atoms with Crippen LogP contribution in [0.3, 0.4) is 0 Å². The molecule has 1 atom stereocenters. The lowest BCUT2D eigenvalue weighted by molar-refractivity contribution is -0.123. The van der Waals surface area contributed by atoms with Crippen LogP contribution in [0.4, 0.5) is 0 Å². The van der Waals surface area contributed by atoms with Crippen LogP contribution < -0.4 is 19.5 Å². The van der Waals surface area contributed by atoms with Crippen molar-refractivity contribution in [2.75, 3.05) is 20.8 Å². The molecule has 0 aliphatic carbocycles. The summed E-state index contributed by atoms with van der Waals surface area (Å²) in [6, 6.07) is 11.3. The van der Waals surface area contributed by atoms with Crippen LogP contribution in [0.15, 0.2) is 36.4 Å². The molecule has 0 fully saturated rings. The molecule has 1 N–H and O–H groups in total. The topological polar surface area (TPSA) is 56.8 Å². The van der Waals surface area contributed by atoms with E-state index in [1.807, 2.05) is 57.2 Å². The van der Waals surface area contributed by atoms with Gasteiger partial charge in [-0.1, -0.05) is 19.1 Å². The molecule has 26 heavy (non-hydrogen) atoms. The predicted molar refractivity (Wildman–Crippen MR) is 102 cm³/mol. The normalized spacial score (nSPS) is 11.6. The van der Waals surface area contributed by atoms with E-state index in [9.17, 15) is 4.79 Å². The van der Waals surface area contributed by atoms with Crippen LogP contribution >= 0.6 is 0 Å². The summed E-state index contributed by atoms with van der Waals surface area (Å²) in [5.41, 5.74) is 3.30. The minimum Gasteiger partial charge on any atom is -0.493 e. The molecule has 0 saturated heterocycles. The van der Waals surface area contributed by atoms with Crippen LogP contribution in [0.2, 0.25) is 0 Å². The summed E-state index contributed by atoms with van der Waals surface area (Å²) in [5.74, 6) is 1.84. The lowest BCUT2D eigenvalue weighted by Crippen LogP contribution is -2.32. The first-order chi connectivity index (χ1) is 12.5. The summed E-state index contributed by atoms with van der Waals surface area (Å²) in [6.45, 7) is 6.06. The highest BCUT2D eigenvalue weighted by molar-refractivity contribution is 5.78. The van der Waals surface area contributed by atoms with Crippen molar-refractivity contribution in [2.45, 2.75) is 33.2 Å². The minimum atomic E-state index is -0.162. The Labute approximate surface area is 155 Å². The van der Waals surface area contributed by atoms with Crippen LogP contribution in [-0.4, -0.2) is 26.7 Å². The second-order valence-electron chi connectivity index (χ2n) is 6.18. The minimum absolute atomic E-state index is 0.0215. The molecular formula is C21H27NO4. The third-order valence-electron chi connectivity index (χ3n) is 4.40. The van der Waals surface area contributed by atoms with E-state index in [0.717, 1.165) is 17.5 Å². The second kappa shape index (κ2) is 9.13. The van der Waals surface area contributed by atoms with Crippen molar-refractivity contribution < 1.29 is 19.0 Å². The smallest absolute Gasteiger partial charge is 0.258 e. The van der Waals surface area contributed by atoms with Crippen molar-refractivity contribution in [3.8, 4) is 17.2 Å². The Hall–Kier alpha value is -2.69. The van der Waals surface area contributed by atoms with Gasteiger partial charge in [0.2, 0.25) is 0 Å². The Morgan fingerprint density at radius 2 is 1.73 bits per heavy atom. The fourth-order valence-electron chi connectivity index (χ4n) is 2.68. The zero-order valence-corrected chi connectivity index (χ0v) is 16.1. The van der Waals surface area contributed by atoms with E-state index in [2.05, 4.69) is 5.32 Å². The number of nitrogens with one attached hydrogen (secondary N) is 1. The maximum absolute atomic E-state index is 12.3. The number of benzene rings is 2. The Morgan fingerprint density at radius 1 is 1.00 bits per heavy atom. The highest BCUT2D eigenvalue weighted by atomic mass is 16.5. The first kappa shape index (κ1) is 19.6. The zero-order valence-electron chi connectivity index (χ0n) is 16.1. The van der Waals surface area contributed by atoms with E-state index in [4.69, 9.17) is 14.2 Å². The molecule has 2 aromatic carbocycles. The molecule has 140 valence electrons. The number of hydrogen-bond acceptors (Lipinski definition) is 4. The number of amides is 1. The third-order valence-corrected chi connectivity index (χ3v) is 4.40. The van der Waals surface area contributed by atoms with Crippen LogP contribution in [0.1, 0.15) is 36.1 Å². The molecule has 0 heterocycles. The van der Waals surface area contributed by atoms with E-state index in [1.165, 1.54) is 5.56 Å². The third kappa shape index (κ3) is 4.91. The van der Waals surface area contributed by atoms with Gasteiger partial charge in [0.05, 0.1) is 20.3 Å². The molecule has 2 aromatic rings. The predicted octanol–water partition coefficient (Wildman–Crippen LogP) is 3.97. The van der Waals surface area contributed by atoms with Crippen molar-refractivity contribution in [2.24, 2.45) is 0 Å². The zero-order chi connectivity index (χ0) is 19.1. The van der Waals surface area contributed by atoms with Gasteiger partial charge < -0.3 is 19.5 Å². The molecule has 0 radical (unpaired) electrons. The van der Waals surface area contributed by atoms with Gasteiger partial charge in [-0.3, -0.25) is 4.79 Å². The van der Waals surface area contributed by atoms with Gasteiger partial charge in [-0.05, 0) is 61.2 Å². The Morgan fingerprint density at radius 3 is 2.35 bits per heavy atom. The van der Waals surface area contributed by atoms with E-state index in [-0.39, 0.29) is 18.6 Å². The van der Waals surface area contributed by atoms with Gasteiger partial charge in [-0.15, -0.1) is 0 Å². The summed E-state index contributed by atoms with van der Waals surface area (Å²) >= 11 is 0. The average Bonchev–Trinajstić information content (AvgIpc) is 2.66. The maximum atomic E-state index is 12.3. The highest BCUT2D eigenvalue weighted by Gasteiger charge is 2.15. The van der Waals surface area contributed by atoms with Gasteiger partial charge in [0, 0.05) is 0 Å². The lowest BCUT2D eigenvalue weighted by Gasteiger charge is -2.19. The molecule has 0 saturated carbocycles. The van der Waals surface area contributed by atoms with Gasteiger partial charge in [0.25, 0.3) is 5.91 Å². The van der Waals surface area contributed by atoms with Gasteiger partial charge in [0.15, 0.2) is 18.1 Å². The molecule has 0 aliphatic rings. The Bertz CT molecular complexity index is 758. The summed E-state index contributed by atoms with van der Waals surface area (Å²) in [4.78, 5) is 12.3. The van der Waals surface area contributed by atoms with Gasteiger partial charge in [0.1, 0.15) is 5.75 Å². The van der Waals surface area contributed by atoms with Crippen molar-refractivity contribution in [1.82, 2.24) is 5.32 Å². The standard InChI is InChI=1S/C21H27NO4/c1-6-18(16-8-10-19(24-4)20(12-16)25-5)22-21(23)13-26-17-9-7-14(2)15(3)11-17/h7-12,18H,6,13H2,1-5H3,(H,22,23)/t18-/m0/s1. The number of carbonyl (C=O) groups is 1. The molecule has 5 heteroatoms. The molecule has 0 aromatic heterocycles. The van der Waals surface area contributed by atoms with E-state index in [0.29, 0.717) is 17.2 Å². The Balaban J connectivity index is 2.00. The fraction of sp³-hybridized carbons (Fsp3) is 0.381. The van der Waals surface area contributed by atoms with Crippen molar-refractivity contribution in [3.05, 3.63) is 53.1 Å². The summed E-state index contributed by atoms with van der Waals surface area (Å²) in [5, 5.41) is 3.01. The molecule has 0 unspecified atom stereocenters. The molecule has 0 aliphatic heterocycles. The van der Waals surface area contributed by atoms with Crippen LogP contribution in [0, 0.1) is 13.8 Å². The van der Waals surface area contributed by atoms with E-state index >= 15 is 0 Å². The largest absolute Gasteiger partial charge is 0.493 e. The van der Waals surface area contributed by atoms with Crippen LogP contribution in [0.5, 0.6) is 17.2 Å². The van der Waals surface area contributed by atoms with Gasteiger partial charge in [-0.2, -0.15) is 0 Å². The molecule has 5 nitrogen and oxygen atoms in total. The molecule has 2 rings (SSSR count). The first-order valence-corrected chi connectivity index (χ1v) is 8.69. The Kier molecular flexibility index (Phi) is 6.89. The van der Waals surface area contributed by atoms with Crippen molar-refractivity contribution in [3.63, 3.8) is 0 Å².